The Morgan fingerprint density at radius 2 is 1.32 bits per heavy atom. The lowest BCUT2D eigenvalue weighted by atomic mass is 9.89. The second kappa shape index (κ2) is 20.1. The molecule has 340 valence electrons. The summed E-state index contributed by atoms with van der Waals surface area (Å²) in [6.45, 7) is 20.5. The molecule has 0 amide bonds. The first-order chi connectivity index (χ1) is 31.1. The summed E-state index contributed by atoms with van der Waals surface area (Å²) in [4.78, 5) is 29.7. The Bertz CT molecular complexity index is 2470. The quantitative estimate of drug-likeness (QED) is 0.0464. The zero-order valence-electron chi connectivity index (χ0n) is 39.3. The van der Waals surface area contributed by atoms with E-state index in [1.165, 1.54) is 33.9 Å². The average Bonchev–Trinajstić information content (AvgIpc) is 3.62. The molecule has 1 aliphatic carbocycles. The van der Waals surface area contributed by atoms with Gasteiger partial charge >= 0.3 is 0 Å². The van der Waals surface area contributed by atoms with Crippen molar-refractivity contribution in [2.24, 2.45) is 11.8 Å². The molecule has 0 bridgehead atoms. The van der Waals surface area contributed by atoms with Gasteiger partial charge in [-0.05, 0) is 69.8 Å². The van der Waals surface area contributed by atoms with Crippen LogP contribution in [0.15, 0.2) is 150 Å². The summed E-state index contributed by atoms with van der Waals surface area (Å²) in [7, 11) is -4.47. The molecule has 0 radical (unpaired) electrons. The maximum absolute atomic E-state index is 13.5. The van der Waals surface area contributed by atoms with Crippen LogP contribution >= 0.6 is 23.5 Å². The molecule has 2 aromatic heterocycles. The van der Waals surface area contributed by atoms with Crippen molar-refractivity contribution in [1.29, 1.82) is 0 Å². The predicted octanol–water partition coefficient (Wildman–Crippen LogP) is 9.49. The number of aryl methyl sites for hydroxylation is 2. The number of hydrogen-bond donors (Lipinski definition) is 3. The Morgan fingerprint density at radius 1 is 0.800 bits per heavy atom. The van der Waals surface area contributed by atoms with Gasteiger partial charge in [0.25, 0.3) is 16.6 Å². The van der Waals surface area contributed by atoms with Crippen molar-refractivity contribution < 1.29 is 14.0 Å². The molecular formula is C53H65N5O3S2Si2. The van der Waals surface area contributed by atoms with Gasteiger partial charge in [-0.3, -0.25) is 4.98 Å². The van der Waals surface area contributed by atoms with Crippen molar-refractivity contribution in [3.63, 3.8) is 0 Å². The fourth-order valence-corrected chi connectivity index (χ4v) is 20.1. The lowest BCUT2D eigenvalue weighted by Gasteiger charge is -2.45. The fraction of sp³-hybridized carbons (Fsp3) is 0.340. The Kier molecular flexibility index (Phi) is 15.0. The third-order valence-corrected chi connectivity index (χ3v) is 24.6. The molecule has 0 aliphatic heterocycles. The van der Waals surface area contributed by atoms with E-state index in [0.29, 0.717) is 23.9 Å². The van der Waals surface area contributed by atoms with Crippen molar-refractivity contribution >= 4 is 77.3 Å². The molecule has 0 spiro atoms. The third kappa shape index (κ3) is 9.67. The molecule has 7 rings (SSSR count). The highest BCUT2D eigenvalue weighted by Gasteiger charge is 2.56. The van der Waals surface area contributed by atoms with Crippen LogP contribution in [-0.2, 0) is 9.16 Å². The fourth-order valence-electron chi connectivity index (χ4n) is 10.3. The molecule has 4 N–H and O–H groups in total. The van der Waals surface area contributed by atoms with Gasteiger partial charge in [0, 0.05) is 47.6 Å². The van der Waals surface area contributed by atoms with Gasteiger partial charge in [-0.2, -0.15) is 0 Å². The summed E-state index contributed by atoms with van der Waals surface area (Å²) in [5.41, 5.74) is 9.63. The SMILES string of the molecule is C=C(Sc1ccnc(C)c1N)c1c(C)nc(SC)nc1N[C@@H]1C[C@H](CO[Si](c2ccccc2)(c2ccccc2)C(C)(C)C)[C@@H](OC)[C@H]1CC(C)(C)[Si](O)(c1ccccc1)c1ccccc1. The summed E-state index contributed by atoms with van der Waals surface area (Å²) in [6, 6.07) is 44.1. The van der Waals surface area contributed by atoms with Crippen LogP contribution in [0.2, 0.25) is 10.1 Å². The lowest BCUT2D eigenvalue weighted by molar-refractivity contribution is 0.0149. The largest absolute Gasteiger partial charge is 0.424 e. The van der Waals surface area contributed by atoms with Gasteiger partial charge in [-0.25, -0.2) is 9.97 Å². The van der Waals surface area contributed by atoms with Crippen LogP contribution < -0.4 is 31.8 Å². The molecule has 1 saturated carbocycles. The molecule has 2 heterocycles. The number of ether oxygens (including phenoxy) is 1. The van der Waals surface area contributed by atoms with E-state index in [9.17, 15) is 4.80 Å². The normalized spacial score (nSPS) is 18.1. The van der Waals surface area contributed by atoms with E-state index in [0.717, 1.165) is 49.4 Å². The molecule has 1 fully saturated rings. The number of nitrogens with one attached hydrogen (secondary N) is 1. The van der Waals surface area contributed by atoms with Crippen molar-refractivity contribution in [2.45, 2.75) is 93.6 Å². The highest BCUT2D eigenvalue weighted by Crippen LogP contribution is 2.50. The second-order valence-corrected chi connectivity index (χ2v) is 29.1. The van der Waals surface area contributed by atoms with Gasteiger partial charge in [0.2, 0.25) is 0 Å². The number of aromatic nitrogens is 3. The minimum Gasteiger partial charge on any atom is -0.424 e. The topological polar surface area (TPSA) is 115 Å². The average molecular weight is 940 g/mol. The highest BCUT2D eigenvalue weighted by molar-refractivity contribution is 8.08. The van der Waals surface area contributed by atoms with Crippen LogP contribution in [0.4, 0.5) is 11.5 Å². The Morgan fingerprint density at radius 3 is 1.82 bits per heavy atom. The molecule has 8 nitrogen and oxygen atoms in total. The maximum Gasteiger partial charge on any atom is 0.261 e. The van der Waals surface area contributed by atoms with Gasteiger partial charge in [0.1, 0.15) is 5.82 Å². The molecule has 12 heteroatoms. The van der Waals surface area contributed by atoms with Crippen LogP contribution in [-0.4, -0.2) is 68.5 Å². The Hall–Kier alpha value is -4.54. The number of nitrogens with zero attached hydrogens (tertiary/aromatic N) is 3. The van der Waals surface area contributed by atoms with Gasteiger partial charge < -0.3 is 25.0 Å². The van der Waals surface area contributed by atoms with E-state index in [4.69, 9.17) is 24.9 Å². The monoisotopic (exact) mass is 939 g/mol. The minimum absolute atomic E-state index is 0.00623. The van der Waals surface area contributed by atoms with E-state index in [-0.39, 0.29) is 29.0 Å². The van der Waals surface area contributed by atoms with Crippen molar-refractivity contribution in [3.05, 3.63) is 157 Å². The van der Waals surface area contributed by atoms with Crippen LogP contribution in [0.5, 0.6) is 0 Å². The van der Waals surface area contributed by atoms with Crippen LogP contribution in [0.25, 0.3) is 4.91 Å². The molecule has 6 aromatic rings. The van der Waals surface area contributed by atoms with Gasteiger partial charge in [-0.15, -0.1) is 0 Å². The maximum atomic E-state index is 13.5. The molecule has 4 aromatic carbocycles. The van der Waals surface area contributed by atoms with E-state index < -0.39 is 21.7 Å². The minimum atomic E-state index is -3.42. The lowest BCUT2D eigenvalue weighted by Crippen LogP contribution is -2.67. The number of anilines is 2. The summed E-state index contributed by atoms with van der Waals surface area (Å²) in [5, 5.41) is 8.40. The van der Waals surface area contributed by atoms with Crippen LogP contribution in [0.3, 0.4) is 0 Å². The number of methoxy groups -OCH3 is 1. The smallest absolute Gasteiger partial charge is 0.261 e. The highest BCUT2D eigenvalue weighted by atomic mass is 32.2. The molecule has 65 heavy (non-hydrogen) atoms. The van der Waals surface area contributed by atoms with Gasteiger partial charge in [0.05, 0.1) is 28.7 Å². The number of thioether (sulfide) groups is 2. The second-order valence-electron chi connectivity index (χ2n) is 19.0. The summed E-state index contributed by atoms with van der Waals surface area (Å²) < 4.78 is 14.4. The zero-order chi connectivity index (χ0) is 46.6. The third-order valence-electron chi connectivity index (χ3n) is 13.5. The number of benzene rings is 4. The zero-order valence-corrected chi connectivity index (χ0v) is 43.0. The number of nitrogen functional groups attached to an aromatic ring is 1. The molecule has 0 unspecified atom stereocenters. The van der Waals surface area contributed by atoms with Gasteiger partial charge in [-0.1, -0.05) is 186 Å². The van der Waals surface area contributed by atoms with Crippen molar-refractivity contribution in [3.8, 4) is 0 Å². The van der Waals surface area contributed by atoms with E-state index in [2.05, 4.69) is 136 Å². The molecular weight excluding hydrogens is 875 g/mol. The first kappa shape index (κ1) is 48.4. The molecule has 4 atom stereocenters. The van der Waals surface area contributed by atoms with Gasteiger partial charge in [0.15, 0.2) is 5.16 Å². The first-order valence-electron chi connectivity index (χ1n) is 22.4. The number of hydrogen-bond acceptors (Lipinski definition) is 10. The van der Waals surface area contributed by atoms with Crippen LogP contribution in [0.1, 0.15) is 64.4 Å². The Balaban J connectivity index is 1.34. The number of rotatable bonds is 17. The Labute approximate surface area is 397 Å². The van der Waals surface area contributed by atoms with E-state index >= 15 is 0 Å². The van der Waals surface area contributed by atoms with Crippen molar-refractivity contribution in [2.75, 3.05) is 31.0 Å². The number of nitrogens with two attached hydrogens (primary N) is 1. The first-order valence-corrected chi connectivity index (χ1v) is 28.3. The summed E-state index contributed by atoms with van der Waals surface area (Å²) in [6.07, 6.45) is 4.99. The summed E-state index contributed by atoms with van der Waals surface area (Å²) >= 11 is 3.02. The summed E-state index contributed by atoms with van der Waals surface area (Å²) in [5.74, 6) is 0.666. The standard InChI is InChI=1S/C53H65N5O3S2Si2/c1-36-47(38(3)63-46-31-32-55-37(2)48(46)54)50(58-51(56-36)62-10)57-45-33-39(35-61-65(52(4,5)6,42-27-19-13-20-28-42)43-29-21-14-22-30-43)49(60-9)44(45)34-53(7,8)64(59,40-23-15-11-16-24-40)41-25-17-12-18-26-41/h11-32,39,44-45,49,59H,3,33-35,54H2,1-2,4-10H3,(H,56,57,58)/t39-,44+,45-,49-/m1/s1. The van der Waals surface area contributed by atoms with Crippen LogP contribution in [0, 0.1) is 25.7 Å². The van der Waals surface area contributed by atoms with E-state index in [1.54, 1.807) is 6.20 Å². The predicted molar refractivity (Wildman–Crippen MR) is 279 cm³/mol. The van der Waals surface area contributed by atoms with Crippen molar-refractivity contribution in [1.82, 2.24) is 15.0 Å². The molecule has 1 aliphatic rings. The number of pyridine rings is 1. The molecule has 0 saturated heterocycles. The van der Waals surface area contributed by atoms with E-state index in [1.807, 2.05) is 69.7 Å².